The van der Waals surface area contributed by atoms with E-state index in [9.17, 15) is 9.59 Å². The maximum atomic E-state index is 12.7. The highest BCUT2D eigenvalue weighted by Crippen LogP contribution is 2.19. The van der Waals surface area contributed by atoms with E-state index in [-0.39, 0.29) is 11.8 Å². The van der Waals surface area contributed by atoms with Crippen LogP contribution in [0, 0.1) is 0 Å². The third-order valence-corrected chi connectivity index (χ3v) is 4.51. The van der Waals surface area contributed by atoms with Gasteiger partial charge in [-0.3, -0.25) is 9.59 Å². The van der Waals surface area contributed by atoms with E-state index in [0.29, 0.717) is 13.0 Å². The van der Waals surface area contributed by atoms with Crippen molar-refractivity contribution in [1.82, 2.24) is 10.2 Å². The molecule has 114 valence electrons. The molecule has 1 N–H and O–H groups in total. The molecule has 4 nitrogen and oxygen atoms in total. The summed E-state index contributed by atoms with van der Waals surface area (Å²) in [6, 6.07) is 8.93. The molecular formula is C16H22N2O2S. The summed E-state index contributed by atoms with van der Waals surface area (Å²) < 4.78 is 0. The summed E-state index contributed by atoms with van der Waals surface area (Å²) in [5.41, 5.74) is 0.852. The first-order valence-corrected chi connectivity index (χ1v) is 8.58. The van der Waals surface area contributed by atoms with Crippen LogP contribution >= 0.6 is 11.8 Å². The predicted octanol–water partition coefficient (Wildman–Crippen LogP) is 2.22. The molecule has 0 aromatic heterocycles. The molecule has 1 atom stereocenters. The lowest BCUT2D eigenvalue weighted by Crippen LogP contribution is -2.39. The Morgan fingerprint density at radius 1 is 1.29 bits per heavy atom. The highest BCUT2D eigenvalue weighted by Gasteiger charge is 2.30. The summed E-state index contributed by atoms with van der Waals surface area (Å²) in [7, 11) is 0. The fraction of sp³-hybridized carbons (Fsp3) is 0.500. The van der Waals surface area contributed by atoms with Gasteiger partial charge in [0.2, 0.25) is 11.8 Å². The molecule has 1 heterocycles. The monoisotopic (exact) mass is 306 g/mol. The molecule has 0 spiro atoms. The Labute approximate surface area is 130 Å². The first-order chi connectivity index (χ1) is 10.2. The van der Waals surface area contributed by atoms with Crippen LogP contribution in [-0.2, 0) is 9.59 Å². The highest BCUT2D eigenvalue weighted by atomic mass is 32.2. The minimum atomic E-state index is -0.542. The van der Waals surface area contributed by atoms with Crippen molar-refractivity contribution < 1.29 is 9.59 Å². The summed E-state index contributed by atoms with van der Waals surface area (Å²) in [5, 5.41) is 2.84. The number of thioether (sulfide) groups is 1. The molecule has 5 heteroatoms. The number of nitrogens with one attached hydrogen (secondary N) is 1. The van der Waals surface area contributed by atoms with Crippen molar-refractivity contribution in [3.63, 3.8) is 0 Å². The van der Waals surface area contributed by atoms with Crippen LogP contribution in [0.3, 0.4) is 0 Å². The van der Waals surface area contributed by atoms with E-state index in [1.807, 2.05) is 47.0 Å². The molecule has 0 saturated carbocycles. The number of nitrogens with zero attached hydrogens (tertiary/aromatic N) is 1. The molecule has 1 aliphatic heterocycles. The van der Waals surface area contributed by atoms with Gasteiger partial charge < -0.3 is 10.2 Å². The molecule has 0 bridgehead atoms. The third-order valence-electron chi connectivity index (χ3n) is 3.53. The van der Waals surface area contributed by atoms with Crippen LogP contribution in [-0.4, -0.2) is 41.3 Å². The standard InChI is InChI=1S/C16H22N2O2S/c1-2-21-12-6-10-18-11-9-14(19)17-15(16(18)20)13-7-4-3-5-8-13/h3-5,7-8,15H,2,6,9-12H2,1H3,(H,17,19). The molecular weight excluding hydrogens is 284 g/mol. The molecule has 1 aromatic rings. The summed E-state index contributed by atoms with van der Waals surface area (Å²) >= 11 is 1.88. The molecule has 1 aliphatic rings. The first-order valence-electron chi connectivity index (χ1n) is 7.43. The van der Waals surface area contributed by atoms with Crippen molar-refractivity contribution in [3.8, 4) is 0 Å². The van der Waals surface area contributed by atoms with E-state index in [4.69, 9.17) is 0 Å². The molecule has 1 fully saturated rings. The number of hydrogen-bond donors (Lipinski definition) is 1. The van der Waals surface area contributed by atoms with Crippen molar-refractivity contribution in [2.75, 3.05) is 24.6 Å². The van der Waals surface area contributed by atoms with Crippen molar-refractivity contribution in [3.05, 3.63) is 35.9 Å². The minimum absolute atomic E-state index is 0.00792. The van der Waals surface area contributed by atoms with Gasteiger partial charge in [0.05, 0.1) is 0 Å². The van der Waals surface area contributed by atoms with Crippen LogP contribution in [0.2, 0.25) is 0 Å². The zero-order chi connectivity index (χ0) is 15.1. The van der Waals surface area contributed by atoms with Crippen LogP contribution < -0.4 is 5.32 Å². The molecule has 1 saturated heterocycles. The van der Waals surface area contributed by atoms with Gasteiger partial charge in [0.25, 0.3) is 0 Å². The Balaban J connectivity index is 2.05. The lowest BCUT2D eigenvalue weighted by molar-refractivity contribution is -0.133. The van der Waals surface area contributed by atoms with Gasteiger partial charge in [0.15, 0.2) is 0 Å². The molecule has 1 aromatic carbocycles. The fourth-order valence-electron chi connectivity index (χ4n) is 2.42. The summed E-state index contributed by atoms with van der Waals surface area (Å²) in [6.45, 7) is 3.38. The second-order valence-electron chi connectivity index (χ2n) is 5.04. The third kappa shape index (κ3) is 4.49. The van der Waals surface area contributed by atoms with Crippen molar-refractivity contribution in [1.29, 1.82) is 0 Å². The zero-order valence-electron chi connectivity index (χ0n) is 12.4. The molecule has 2 rings (SSSR count). The number of carbonyl (C=O) groups excluding carboxylic acids is 2. The van der Waals surface area contributed by atoms with Crippen LogP contribution in [0.5, 0.6) is 0 Å². The van der Waals surface area contributed by atoms with Gasteiger partial charge in [-0.2, -0.15) is 11.8 Å². The van der Waals surface area contributed by atoms with E-state index < -0.39 is 6.04 Å². The van der Waals surface area contributed by atoms with Gasteiger partial charge in [-0.15, -0.1) is 0 Å². The van der Waals surface area contributed by atoms with Gasteiger partial charge in [-0.1, -0.05) is 37.3 Å². The van der Waals surface area contributed by atoms with E-state index in [0.717, 1.165) is 30.0 Å². The summed E-state index contributed by atoms with van der Waals surface area (Å²) in [6.07, 6.45) is 1.36. The van der Waals surface area contributed by atoms with Gasteiger partial charge in [-0.25, -0.2) is 0 Å². The first kappa shape index (κ1) is 15.9. The average molecular weight is 306 g/mol. The molecule has 0 aliphatic carbocycles. The van der Waals surface area contributed by atoms with E-state index in [1.54, 1.807) is 0 Å². The van der Waals surface area contributed by atoms with Gasteiger partial charge in [-0.05, 0) is 23.5 Å². The lowest BCUT2D eigenvalue weighted by Gasteiger charge is -2.24. The SMILES string of the molecule is CCSCCCN1CCC(=O)NC(c2ccccc2)C1=O. The normalized spacial score (nSPS) is 19.3. The van der Waals surface area contributed by atoms with E-state index >= 15 is 0 Å². The number of benzene rings is 1. The van der Waals surface area contributed by atoms with Crippen molar-refractivity contribution in [2.45, 2.75) is 25.8 Å². The number of rotatable bonds is 6. The zero-order valence-corrected chi connectivity index (χ0v) is 13.2. The van der Waals surface area contributed by atoms with Crippen LogP contribution in [0.1, 0.15) is 31.4 Å². The quantitative estimate of drug-likeness (QED) is 0.820. The average Bonchev–Trinajstić information content (AvgIpc) is 2.65. The number of carbonyl (C=O) groups is 2. The van der Waals surface area contributed by atoms with Gasteiger partial charge >= 0.3 is 0 Å². The topological polar surface area (TPSA) is 49.4 Å². The Hall–Kier alpha value is -1.49. The highest BCUT2D eigenvalue weighted by molar-refractivity contribution is 7.99. The summed E-state index contributed by atoms with van der Waals surface area (Å²) in [5.74, 6) is 2.11. The van der Waals surface area contributed by atoms with Crippen LogP contribution in [0.15, 0.2) is 30.3 Å². The fourth-order valence-corrected chi connectivity index (χ4v) is 3.04. The number of amides is 2. The van der Waals surface area contributed by atoms with Gasteiger partial charge in [0, 0.05) is 19.5 Å². The molecule has 2 amide bonds. The molecule has 1 unspecified atom stereocenters. The number of hydrogen-bond acceptors (Lipinski definition) is 3. The van der Waals surface area contributed by atoms with E-state index in [2.05, 4.69) is 12.2 Å². The maximum absolute atomic E-state index is 12.7. The Morgan fingerprint density at radius 3 is 2.76 bits per heavy atom. The smallest absolute Gasteiger partial charge is 0.249 e. The van der Waals surface area contributed by atoms with Crippen molar-refractivity contribution >= 4 is 23.6 Å². The molecule has 0 radical (unpaired) electrons. The minimum Gasteiger partial charge on any atom is -0.340 e. The van der Waals surface area contributed by atoms with Crippen LogP contribution in [0.25, 0.3) is 0 Å². The second kappa shape index (κ2) is 8.08. The Kier molecular flexibility index (Phi) is 6.11. The van der Waals surface area contributed by atoms with Crippen molar-refractivity contribution in [2.24, 2.45) is 0 Å². The molecule has 21 heavy (non-hydrogen) atoms. The van der Waals surface area contributed by atoms with Crippen LogP contribution in [0.4, 0.5) is 0 Å². The lowest BCUT2D eigenvalue weighted by atomic mass is 10.1. The van der Waals surface area contributed by atoms with Gasteiger partial charge in [0.1, 0.15) is 6.04 Å². The van der Waals surface area contributed by atoms with E-state index in [1.165, 1.54) is 0 Å². The predicted molar refractivity (Wildman–Crippen MR) is 86.1 cm³/mol. The maximum Gasteiger partial charge on any atom is 0.249 e. The summed E-state index contributed by atoms with van der Waals surface area (Å²) in [4.78, 5) is 26.3. The Morgan fingerprint density at radius 2 is 2.05 bits per heavy atom. The largest absolute Gasteiger partial charge is 0.340 e. The Bertz CT molecular complexity index is 478. The second-order valence-corrected chi connectivity index (χ2v) is 6.43.